The van der Waals surface area contributed by atoms with Gasteiger partial charge in [-0.1, -0.05) is 31.2 Å². The number of aryl methyl sites for hydroxylation is 1. The van der Waals surface area contributed by atoms with Gasteiger partial charge in [0.1, 0.15) is 5.54 Å². The van der Waals surface area contributed by atoms with Crippen molar-refractivity contribution in [1.82, 2.24) is 19.8 Å². The summed E-state index contributed by atoms with van der Waals surface area (Å²) in [6, 6.07) is 7.85. The molecule has 1 fully saturated rings. The van der Waals surface area contributed by atoms with Gasteiger partial charge in [-0.25, -0.2) is 8.42 Å². The Kier molecular flexibility index (Phi) is 7.02. The molecule has 2 rings (SSSR count). The van der Waals surface area contributed by atoms with Crippen molar-refractivity contribution >= 4 is 27.7 Å². The van der Waals surface area contributed by atoms with Gasteiger partial charge in [0.15, 0.2) is 0 Å². The molecule has 29 heavy (non-hydrogen) atoms. The molecular formula is C19H28N4O5S. The van der Waals surface area contributed by atoms with Gasteiger partial charge in [-0.2, -0.15) is 4.31 Å². The van der Waals surface area contributed by atoms with Gasteiger partial charge in [-0.15, -0.1) is 0 Å². The number of sulfonamides is 1. The molecule has 1 aliphatic rings. The van der Waals surface area contributed by atoms with Crippen molar-refractivity contribution in [2.75, 3.05) is 32.9 Å². The first-order valence-corrected chi connectivity index (χ1v) is 11.2. The zero-order valence-electron chi connectivity index (χ0n) is 17.2. The number of benzene rings is 1. The standard InChI is InChI=1S/C19H28N4O5S/c1-5-14-6-8-15(9-7-14)10-20-16(24)11-21-18(26)19(2)13-23(29(4,27)28)12-17(25)22(19)3/h6-9H,5,10-13H2,1-4H3,(H,20,24)(H,21,26)/t19-/m1/s1. The van der Waals surface area contributed by atoms with E-state index in [9.17, 15) is 22.8 Å². The highest BCUT2D eigenvalue weighted by molar-refractivity contribution is 7.88. The Balaban J connectivity index is 1.93. The first kappa shape index (κ1) is 22.8. The van der Waals surface area contributed by atoms with E-state index in [2.05, 4.69) is 17.6 Å². The first-order chi connectivity index (χ1) is 13.5. The van der Waals surface area contributed by atoms with Crippen LogP contribution in [0.1, 0.15) is 25.0 Å². The lowest BCUT2D eigenvalue weighted by Gasteiger charge is -2.44. The van der Waals surface area contributed by atoms with Gasteiger partial charge in [0.05, 0.1) is 19.3 Å². The van der Waals surface area contributed by atoms with Crippen molar-refractivity contribution in [2.24, 2.45) is 0 Å². The lowest BCUT2D eigenvalue weighted by Crippen LogP contribution is -2.68. The Labute approximate surface area is 171 Å². The largest absolute Gasteiger partial charge is 0.350 e. The maximum atomic E-state index is 12.7. The SMILES string of the molecule is CCc1ccc(CNC(=O)CNC(=O)[C@@]2(C)CN(S(C)(=O)=O)CC(=O)N2C)cc1. The molecule has 160 valence electrons. The van der Waals surface area contributed by atoms with Crippen molar-refractivity contribution in [3.8, 4) is 0 Å². The summed E-state index contributed by atoms with van der Waals surface area (Å²) >= 11 is 0. The third kappa shape index (κ3) is 5.54. The second-order valence-electron chi connectivity index (χ2n) is 7.39. The molecule has 0 spiro atoms. The van der Waals surface area contributed by atoms with Gasteiger partial charge in [0, 0.05) is 20.1 Å². The Morgan fingerprint density at radius 1 is 1.14 bits per heavy atom. The lowest BCUT2D eigenvalue weighted by molar-refractivity contribution is -0.150. The topological polar surface area (TPSA) is 116 Å². The summed E-state index contributed by atoms with van der Waals surface area (Å²) in [5, 5.41) is 5.22. The molecule has 9 nitrogen and oxygen atoms in total. The Hall–Kier alpha value is -2.46. The van der Waals surface area contributed by atoms with E-state index in [4.69, 9.17) is 0 Å². The number of nitrogens with zero attached hydrogens (tertiary/aromatic N) is 2. The quantitative estimate of drug-likeness (QED) is 0.611. The highest BCUT2D eigenvalue weighted by atomic mass is 32.2. The molecule has 0 unspecified atom stereocenters. The van der Waals surface area contributed by atoms with E-state index >= 15 is 0 Å². The van der Waals surface area contributed by atoms with E-state index in [0.717, 1.165) is 22.5 Å². The molecule has 0 bridgehead atoms. The normalized spacial score (nSPS) is 20.4. The smallest absolute Gasteiger partial charge is 0.247 e. The number of piperazine rings is 1. The summed E-state index contributed by atoms with van der Waals surface area (Å²) in [5.74, 6) is -1.46. The first-order valence-electron chi connectivity index (χ1n) is 9.32. The number of nitrogens with one attached hydrogen (secondary N) is 2. The number of carbonyl (C=O) groups excluding carboxylic acids is 3. The summed E-state index contributed by atoms with van der Waals surface area (Å²) in [7, 11) is -2.19. The van der Waals surface area contributed by atoms with E-state index in [1.165, 1.54) is 24.4 Å². The zero-order chi connectivity index (χ0) is 21.8. The van der Waals surface area contributed by atoms with E-state index in [1.54, 1.807) is 0 Å². The van der Waals surface area contributed by atoms with Crippen LogP contribution in [0, 0.1) is 0 Å². The molecule has 1 aromatic rings. The molecule has 2 N–H and O–H groups in total. The zero-order valence-corrected chi connectivity index (χ0v) is 18.0. The molecule has 0 radical (unpaired) electrons. The van der Waals surface area contributed by atoms with Crippen molar-refractivity contribution in [3.05, 3.63) is 35.4 Å². The van der Waals surface area contributed by atoms with E-state index < -0.39 is 27.4 Å². The minimum absolute atomic E-state index is 0.175. The fourth-order valence-electron chi connectivity index (χ4n) is 3.00. The van der Waals surface area contributed by atoms with Crippen molar-refractivity contribution in [2.45, 2.75) is 32.4 Å². The number of amides is 3. The van der Waals surface area contributed by atoms with E-state index in [-0.39, 0.29) is 25.5 Å². The van der Waals surface area contributed by atoms with Gasteiger partial charge in [0.2, 0.25) is 27.7 Å². The van der Waals surface area contributed by atoms with E-state index in [0.29, 0.717) is 6.54 Å². The third-order valence-electron chi connectivity index (χ3n) is 5.20. The summed E-state index contributed by atoms with van der Waals surface area (Å²) < 4.78 is 24.6. The van der Waals surface area contributed by atoms with Crippen molar-refractivity contribution in [3.63, 3.8) is 0 Å². The Morgan fingerprint density at radius 2 is 1.72 bits per heavy atom. The lowest BCUT2D eigenvalue weighted by atomic mass is 9.96. The number of hydrogen-bond acceptors (Lipinski definition) is 5. The number of carbonyl (C=O) groups is 3. The van der Waals surface area contributed by atoms with Gasteiger partial charge in [-0.3, -0.25) is 14.4 Å². The van der Waals surface area contributed by atoms with Crippen molar-refractivity contribution in [1.29, 1.82) is 0 Å². The van der Waals surface area contributed by atoms with Gasteiger partial charge < -0.3 is 15.5 Å². The molecule has 1 aromatic carbocycles. The van der Waals surface area contributed by atoms with Crippen LogP contribution in [0.25, 0.3) is 0 Å². The van der Waals surface area contributed by atoms with Crippen molar-refractivity contribution < 1.29 is 22.8 Å². The fraction of sp³-hybridized carbons (Fsp3) is 0.526. The molecule has 1 aliphatic heterocycles. The van der Waals surface area contributed by atoms with Crippen LogP contribution in [0.3, 0.4) is 0 Å². The summed E-state index contributed by atoms with van der Waals surface area (Å²) in [5.41, 5.74) is 0.736. The molecule has 0 aromatic heterocycles. The molecule has 1 atom stereocenters. The minimum atomic E-state index is -3.64. The average molecular weight is 425 g/mol. The van der Waals surface area contributed by atoms with Crippen LogP contribution in [0.4, 0.5) is 0 Å². The molecule has 0 saturated carbocycles. The van der Waals surface area contributed by atoms with Crippen LogP contribution in [0.15, 0.2) is 24.3 Å². The summed E-state index contributed by atoms with van der Waals surface area (Å²) in [6.07, 6.45) is 1.93. The number of rotatable bonds is 7. The molecule has 1 heterocycles. The number of likely N-dealkylation sites (N-methyl/N-ethyl adjacent to an activating group) is 1. The van der Waals surface area contributed by atoms with Gasteiger partial charge >= 0.3 is 0 Å². The summed E-state index contributed by atoms with van der Waals surface area (Å²) in [4.78, 5) is 38.2. The monoisotopic (exact) mass is 424 g/mol. The maximum absolute atomic E-state index is 12.7. The van der Waals surface area contributed by atoms with Gasteiger partial charge in [-0.05, 0) is 24.5 Å². The van der Waals surface area contributed by atoms with Gasteiger partial charge in [0.25, 0.3) is 0 Å². The fourth-order valence-corrected chi connectivity index (χ4v) is 3.83. The van der Waals surface area contributed by atoms with Crippen LogP contribution in [-0.4, -0.2) is 73.8 Å². The van der Waals surface area contributed by atoms with E-state index in [1.807, 2.05) is 24.3 Å². The predicted molar refractivity (Wildman–Crippen MR) is 108 cm³/mol. The van der Waals surface area contributed by atoms with Crippen LogP contribution in [-0.2, 0) is 37.4 Å². The molecule has 0 aliphatic carbocycles. The summed E-state index contributed by atoms with van der Waals surface area (Å²) in [6.45, 7) is 3.11. The number of hydrogen-bond donors (Lipinski definition) is 2. The second-order valence-corrected chi connectivity index (χ2v) is 9.37. The van der Waals surface area contributed by atoms with Crippen LogP contribution in [0.5, 0.6) is 0 Å². The molecule has 3 amide bonds. The molecular weight excluding hydrogens is 396 g/mol. The van der Waals surface area contributed by atoms with Crippen LogP contribution >= 0.6 is 0 Å². The highest BCUT2D eigenvalue weighted by Gasteiger charge is 2.47. The predicted octanol–water partition coefficient (Wildman–Crippen LogP) is -0.526. The minimum Gasteiger partial charge on any atom is -0.350 e. The maximum Gasteiger partial charge on any atom is 0.247 e. The third-order valence-corrected chi connectivity index (χ3v) is 6.40. The van der Waals surface area contributed by atoms with Crippen LogP contribution < -0.4 is 10.6 Å². The Bertz CT molecular complexity index is 884. The Morgan fingerprint density at radius 3 is 2.28 bits per heavy atom. The average Bonchev–Trinajstić information content (AvgIpc) is 2.67. The molecule has 10 heteroatoms. The molecule has 1 saturated heterocycles. The highest BCUT2D eigenvalue weighted by Crippen LogP contribution is 2.22. The second kappa shape index (κ2) is 8.91. The van der Waals surface area contributed by atoms with Crippen LogP contribution in [0.2, 0.25) is 0 Å².